The molecule has 2 fully saturated rings. The number of thioether (sulfide) groups is 1. The van der Waals surface area contributed by atoms with Crippen molar-refractivity contribution in [1.29, 1.82) is 0 Å². The second-order valence-corrected chi connectivity index (χ2v) is 9.37. The van der Waals surface area contributed by atoms with Crippen molar-refractivity contribution in [2.45, 2.75) is 35.4 Å². The Bertz CT molecular complexity index is 985. The molecule has 7 nitrogen and oxygen atoms in total. The van der Waals surface area contributed by atoms with E-state index >= 15 is 0 Å². The number of aliphatic hydroxyl groups excluding tert-OH is 1. The number of β-lactam (4-membered cyclic amide) rings is 1. The number of benzene rings is 1. The molecule has 4 rings (SSSR count). The predicted molar refractivity (Wildman–Crippen MR) is 107 cm³/mol. The van der Waals surface area contributed by atoms with Crippen molar-refractivity contribution in [2.75, 3.05) is 13.2 Å². The van der Waals surface area contributed by atoms with Gasteiger partial charge in [0.2, 0.25) is 5.91 Å². The molecule has 0 saturated carbocycles. The Morgan fingerprint density at radius 3 is 2.79 bits per heavy atom. The number of imidazole rings is 1. The zero-order valence-corrected chi connectivity index (χ0v) is 16.9. The second-order valence-electron chi connectivity index (χ2n) is 7.63. The van der Waals surface area contributed by atoms with Crippen molar-refractivity contribution < 1.29 is 19.4 Å². The van der Waals surface area contributed by atoms with E-state index in [0.29, 0.717) is 5.82 Å². The first kappa shape index (κ1) is 19.0. The topological polar surface area (TPSA) is 84.7 Å². The predicted octanol–water partition coefficient (Wildman–Crippen LogP) is 1.81. The number of aryl methyl sites for hydroxylation is 1. The van der Waals surface area contributed by atoms with Gasteiger partial charge in [0.1, 0.15) is 18.3 Å². The summed E-state index contributed by atoms with van der Waals surface area (Å²) < 4.78 is 6.48. The van der Waals surface area contributed by atoms with Crippen LogP contribution in [0.25, 0.3) is 11.0 Å². The Kier molecular flexibility index (Phi) is 4.31. The molecule has 148 valence electrons. The average Bonchev–Trinajstić information content (AvgIpc) is 3.10. The normalized spacial score (nSPS) is 28.1. The highest BCUT2D eigenvalue weighted by Crippen LogP contribution is 2.61. The van der Waals surface area contributed by atoms with Crippen molar-refractivity contribution in [3.63, 3.8) is 0 Å². The molecule has 1 aromatic carbocycles. The molecule has 1 aromatic heterocycles. The molecule has 1 amide bonds. The number of carbonyl (C=O) groups excluding carboxylic acids is 2. The van der Waals surface area contributed by atoms with Gasteiger partial charge in [-0.1, -0.05) is 24.8 Å². The summed E-state index contributed by atoms with van der Waals surface area (Å²) >= 11 is 1.50. The molecule has 2 aliphatic rings. The molecule has 1 N–H and O–H groups in total. The summed E-state index contributed by atoms with van der Waals surface area (Å²) in [4.78, 5) is 32.3. The smallest absolute Gasteiger partial charge is 0.336 e. The lowest BCUT2D eigenvalue weighted by Crippen LogP contribution is -2.71. The van der Waals surface area contributed by atoms with Crippen LogP contribution < -0.4 is 0 Å². The third kappa shape index (κ3) is 2.24. The molecule has 28 heavy (non-hydrogen) atoms. The van der Waals surface area contributed by atoms with E-state index in [0.717, 1.165) is 11.0 Å². The first-order valence-electron chi connectivity index (χ1n) is 9.11. The summed E-state index contributed by atoms with van der Waals surface area (Å²) in [5.74, 6) is -0.621. The SMILES string of the molecule is C=CCOC(=O)[C@]1(CO)N2C(=O)[C@@H](c3nc4ccccc4n3C)[C@H]2SC1(C)C. The van der Waals surface area contributed by atoms with E-state index in [2.05, 4.69) is 11.6 Å². The van der Waals surface area contributed by atoms with E-state index in [1.54, 1.807) is 0 Å². The minimum absolute atomic E-state index is 0.0300. The highest BCUT2D eigenvalue weighted by molar-refractivity contribution is 8.01. The average molecular weight is 401 g/mol. The lowest BCUT2D eigenvalue weighted by atomic mass is 9.79. The number of fused-ring (bicyclic) bond motifs is 2. The lowest BCUT2D eigenvalue weighted by Gasteiger charge is -2.49. The van der Waals surface area contributed by atoms with Gasteiger partial charge in [0.25, 0.3) is 0 Å². The van der Waals surface area contributed by atoms with Gasteiger partial charge in [-0.3, -0.25) is 4.79 Å². The third-order valence-electron chi connectivity index (χ3n) is 5.86. The molecule has 0 radical (unpaired) electrons. The molecule has 8 heteroatoms. The third-order valence-corrected chi connectivity index (χ3v) is 7.52. The highest BCUT2D eigenvalue weighted by Gasteiger charge is 2.73. The van der Waals surface area contributed by atoms with Crippen molar-refractivity contribution in [3.8, 4) is 0 Å². The summed E-state index contributed by atoms with van der Waals surface area (Å²) in [7, 11) is 1.89. The zero-order valence-electron chi connectivity index (χ0n) is 16.1. The number of esters is 1. The van der Waals surface area contributed by atoms with Crippen LogP contribution in [0.1, 0.15) is 25.6 Å². The largest absolute Gasteiger partial charge is 0.460 e. The van der Waals surface area contributed by atoms with Crippen LogP contribution in [-0.4, -0.2) is 60.3 Å². The van der Waals surface area contributed by atoms with Crippen LogP contribution in [0.15, 0.2) is 36.9 Å². The zero-order chi connectivity index (χ0) is 20.3. The number of ether oxygens (including phenoxy) is 1. The van der Waals surface area contributed by atoms with Gasteiger partial charge >= 0.3 is 5.97 Å². The Morgan fingerprint density at radius 2 is 2.14 bits per heavy atom. The molecule has 2 saturated heterocycles. The van der Waals surface area contributed by atoms with E-state index in [9.17, 15) is 14.7 Å². The fraction of sp³-hybridized carbons (Fsp3) is 0.450. The fourth-order valence-electron chi connectivity index (χ4n) is 4.29. The second kappa shape index (κ2) is 6.35. The molecule has 2 aromatic rings. The number of aliphatic hydroxyl groups is 1. The molecular weight excluding hydrogens is 378 g/mol. The van der Waals surface area contributed by atoms with Gasteiger partial charge < -0.3 is 19.3 Å². The summed E-state index contributed by atoms with van der Waals surface area (Å²) in [5.41, 5.74) is 0.348. The van der Waals surface area contributed by atoms with Gasteiger partial charge in [0.15, 0.2) is 5.54 Å². The van der Waals surface area contributed by atoms with Crippen LogP contribution in [0.4, 0.5) is 0 Å². The number of aromatic nitrogens is 2. The van der Waals surface area contributed by atoms with Crippen LogP contribution in [0.3, 0.4) is 0 Å². The standard InChI is InChI=1S/C20H23N3O4S/c1-5-10-27-18(26)20(11-24)19(2,3)28-17-14(16(25)23(17)20)15-21-12-8-6-7-9-13(12)22(15)4/h5-9,14,17,24H,1,10-11H2,2-4H3/t14-,17-,20+/m1/s1. The monoisotopic (exact) mass is 401 g/mol. The minimum Gasteiger partial charge on any atom is -0.460 e. The van der Waals surface area contributed by atoms with Gasteiger partial charge in [0.05, 0.1) is 23.0 Å². The molecular formula is C20H23N3O4S. The van der Waals surface area contributed by atoms with Crippen LogP contribution >= 0.6 is 11.8 Å². The quantitative estimate of drug-likeness (QED) is 0.467. The molecule has 0 aliphatic carbocycles. The van der Waals surface area contributed by atoms with Crippen LogP contribution in [0.5, 0.6) is 0 Å². The first-order valence-corrected chi connectivity index (χ1v) is 9.99. The van der Waals surface area contributed by atoms with Gasteiger partial charge in [0, 0.05) is 11.8 Å². The van der Waals surface area contributed by atoms with E-state index in [1.165, 1.54) is 22.7 Å². The molecule has 0 spiro atoms. The molecule has 3 atom stereocenters. The van der Waals surface area contributed by atoms with Crippen molar-refractivity contribution in [1.82, 2.24) is 14.5 Å². The number of hydrogen-bond acceptors (Lipinski definition) is 6. The fourth-order valence-corrected chi connectivity index (χ4v) is 6.10. The summed E-state index contributed by atoms with van der Waals surface area (Å²) in [6.45, 7) is 6.81. The van der Waals surface area contributed by atoms with Crippen LogP contribution in [-0.2, 0) is 21.4 Å². The number of para-hydroxylation sites is 2. The maximum atomic E-state index is 13.2. The number of nitrogens with zero attached hydrogens (tertiary/aromatic N) is 3. The van der Waals surface area contributed by atoms with Gasteiger partial charge in [-0.25, -0.2) is 9.78 Å². The van der Waals surface area contributed by atoms with E-state index in [-0.39, 0.29) is 17.9 Å². The Hall–Kier alpha value is -2.32. The van der Waals surface area contributed by atoms with E-state index in [4.69, 9.17) is 4.74 Å². The van der Waals surface area contributed by atoms with Crippen molar-refractivity contribution >= 4 is 34.7 Å². The summed E-state index contributed by atoms with van der Waals surface area (Å²) in [6.07, 6.45) is 1.47. The maximum absolute atomic E-state index is 13.2. The molecule has 3 heterocycles. The minimum atomic E-state index is -1.43. The Balaban J connectivity index is 1.75. The van der Waals surface area contributed by atoms with Gasteiger partial charge in [-0.05, 0) is 26.0 Å². The first-order chi connectivity index (χ1) is 13.3. The summed E-state index contributed by atoms with van der Waals surface area (Å²) in [5, 5.41) is 9.94. The van der Waals surface area contributed by atoms with Crippen molar-refractivity contribution in [2.24, 2.45) is 7.05 Å². The highest BCUT2D eigenvalue weighted by atomic mass is 32.2. The van der Waals surface area contributed by atoms with Crippen LogP contribution in [0.2, 0.25) is 0 Å². The van der Waals surface area contributed by atoms with Crippen molar-refractivity contribution in [3.05, 3.63) is 42.7 Å². The van der Waals surface area contributed by atoms with E-state index < -0.39 is 28.8 Å². The van der Waals surface area contributed by atoms with E-state index in [1.807, 2.05) is 49.7 Å². The van der Waals surface area contributed by atoms with Gasteiger partial charge in [-0.2, -0.15) is 0 Å². The molecule has 0 bridgehead atoms. The molecule has 2 aliphatic heterocycles. The van der Waals surface area contributed by atoms with Gasteiger partial charge in [-0.15, -0.1) is 11.8 Å². The summed E-state index contributed by atoms with van der Waals surface area (Å²) in [6, 6.07) is 7.72. The number of amides is 1. The maximum Gasteiger partial charge on any atom is 0.336 e. The number of carbonyl (C=O) groups is 2. The van der Waals surface area contributed by atoms with Crippen LogP contribution in [0, 0.1) is 0 Å². The molecule has 0 unspecified atom stereocenters. The number of rotatable bonds is 5. The number of hydrogen-bond donors (Lipinski definition) is 1. The lowest BCUT2D eigenvalue weighted by molar-refractivity contribution is -0.177. The Labute approximate surface area is 167 Å². The Morgan fingerprint density at radius 1 is 1.43 bits per heavy atom.